The summed E-state index contributed by atoms with van der Waals surface area (Å²) in [6, 6.07) is 7.18. The number of carbonyl (C=O) groups is 2. The fourth-order valence-electron chi connectivity index (χ4n) is 2.70. The van der Waals surface area contributed by atoms with E-state index in [-0.39, 0.29) is 11.6 Å². The third-order valence-corrected chi connectivity index (χ3v) is 4.41. The van der Waals surface area contributed by atoms with Crippen LogP contribution in [0.3, 0.4) is 0 Å². The number of hydrogen-bond acceptors (Lipinski definition) is 5. The number of carbonyl (C=O) groups excluding carboxylic acids is 2. The van der Waals surface area contributed by atoms with Crippen molar-refractivity contribution in [3.63, 3.8) is 0 Å². The summed E-state index contributed by atoms with van der Waals surface area (Å²) in [5, 5.41) is 11.1. The summed E-state index contributed by atoms with van der Waals surface area (Å²) in [4.78, 5) is 24.5. The van der Waals surface area contributed by atoms with Gasteiger partial charge in [0.2, 0.25) is 0 Å². The van der Waals surface area contributed by atoms with Gasteiger partial charge in [-0.2, -0.15) is 10.2 Å². The maximum atomic E-state index is 12.6. The van der Waals surface area contributed by atoms with Crippen LogP contribution in [0.15, 0.2) is 41.1 Å². The molecule has 0 fully saturated rings. The highest BCUT2D eigenvalue weighted by Gasteiger charge is 2.22. The van der Waals surface area contributed by atoms with Crippen molar-refractivity contribution in [3.8, 4) is 0 Å². The van der Waals surface area contributed by atoms with E-state index < -0.39 is 5.97 Å². The summed E-state index contributed by atoms with van der Waals surface area (Å²) < 4.78 is 8.86. The summed E-state index contributed by atoms with van der Waals surface area (Å²) in [5.41, 5.74) is 2.56. The molecular weight excluding hydrogens is 414 g/mol. The number of nitrogens with one attached hydrogen (secondary N) is 1. The van der Waals surface area contributed by atoms with Crippen molar-refractivity contribution in [3.05, 3.63) is 63.6 Å². The molecule has 140 valence electrons. The Kier molecular flexibility index (Phi) is 5.41. The lowest BCUT2D eigenvalue weighted by molar-refractivity contribution is 0.0589. The molecule has 3 aromatic rings. The van der Waals surface area contributed by atoms with Gasteiger partial charge in [0, 0.05) is 18.8 Å². The number of aryl methyl sites for hydroxylation is 2. The standard InChI is InChI=1S/C18H18BrN5O3/c1-11-15(16(18(26)27-3)23(2)22-11)21-17(25)13-6-4-12(5-7-13)9-24-10-14(19)8-20-24/h4-8,10H,9H2,1-3H3,(H,21,25). The Morgan fingerprint density at radius 2 is 1.96 bits per heavy atom. The molecular formula is C18H18BrN5O3. The summed E-state index contributed by atoms with van der Waals surface area (Å²) in [7, 11) is 2.91. The first-order valence-corrected chi connectivity index (χ1v) is 8.88. The van der Waals surface area contributed by atoms with Crippen molar-refractivity contribution in [2.75, 3.05) is 12.4 Å². The molecule has 0 spiro atoms. The van der Waals surface area contributed by atoms with E-state index in [0.717, 1.165) is 10.0 Å². The Morgan fingerprint density at radius 1 is 1.26 bits per heavy atom. The summed E-state index contributed by atoms with van der Waals surface area (Å²) >= 11 is 3.36. The minimum atomic E-state index is -0.561. The van der Waals surface area contributed by atoms with Gasteiger partial charge in [-0.1, -0.05) is 12.1 Å². The number of halogens is 1. The number of aromatic nitrogens is 4. The van der Waals surface area contributed by atoms with Crippen LogP contribution in [0, 0.1) is 6.92 Å². The second kappa shape index (κ2) is 7.75. The highest BCUT2D eigenvalue weighted by Crippen LogP contribution is 2.21. The van der Waals surface area contributed by atoms with Crippen molar-refractivity contribution in [1.82, 2.24) is 19.6 Å². The van der Waals surface area contributed by atoms with Gasteiger partial charge < -0.3 is 10.1 Å². The lowest BCUT2D eigenvalue weighted by Gasteiger charge is -2.08. The Labute approximate surface area is 164 Å². The van der Waals surface area contributed by atoms with Gasteiger partial charge in [0.05, 0.1) is 35.7 Å². The molecule has 0 aliphatic heterocycles. The van der Waals surface area contributed by atoms with Gasteiger partial charge in [-0.15, -0.1) is 0 Å². The van der Waals surface area contributed by atoms with Crippen LogP contribution in [0.4, 0.5) is 5.69 Å². The third kappa shape index (κ3) is 4.08. The van der Waals surface area contributed by atoms with Gasteiger partial charge in [-0.3, -0.25) is 14.2 Å². The molecule has 9 heteroatoms. The maximum Gasteiger partial charge on any atom is 0.358 e. The second-order valence-corrected chi connectivity index (χ2v) is 6.85. The van der Waals surface area contributed by atoms with Crippen LogP contribution >= 0.6 is 15.9 Å². The summed E-state index contributed by atoms with van der Waals surface area (Å²) in [6.07, 6.45) is 3.59. The zero-order valence-electron chi connectivity index (χ0n) is 15.1. The molecule has 0 aliphatic carbocycles. The fourth-order valence-corrected chi connectivity index (χ4v) is 3.03. The number of esters is 1. The van der Waals surface area contributed by atoms with Crippen molar-refractivity contribution in [1.29, 1.82) is 0 Å². The van der Waals surface area contributed by atoms with Crippen molar-refractivity contribution >= 4 is 33.5 Å². The smallest absolute Gasteiger partial charge is 0.358 e. The molecule has 0 atom stereocenters. The lowest BCUT2D eigenvalue weighted by Crippen LogP contribution is -2.17. The van der Waals surface area contributed by atoms with Crippen molar-refractivity contribution in [2.24, 2.45) is 7.05 Å². The van der Waals surface area contributed by atoms with E-state index in [1.165, 1.54) is 11.8 Å². The van der Waals surface area contributed by atoms with Crippen molar-refractivity contribution < 1.29 is 14.3 Å². The zero-order chi connectivity index (χ0) is 19.6. The van der Waals surface area contributed by atoms with Crippen LogP contribution in [0.5, 0.6) is 0 Å². The maximum absolute atomic E-state index is 12.6. The molecule has 2 aromatic heterocycles. The van der Waals surface area contributed by atoms with E-state index in [1.807, 2.05) is 18.3 Å². The van der Waals surface area contributed by atoms with Crippen LogP contribution in [-0.2, 0) is 18.3 Å². The van der Waals surface area contributed by atoms with Crippen LogP contribution in [-0.4, -0.2) is 38.5 Å². The first-order chi connectivity index (χ1) is 12.9. The molecule has 1 N–H and O–H groups in total. The topological polar surface area (TPSA) is 91.0 Å². The summed E-state index contributed by atoms with van der Waals surface area (Å²) in [6.45, 7) is 2.31. The van der Waals surface area contributed by atoms with E-state index in [9.17, 15) is 9.59 Å². The molecule has 0 saturated heterocycles. The fraction of sp³-hybridized carbons (Fsp3) is 0.222. The van der Waals surface area contributed by atoms with Gasteiger partial charge >= 0.3 is 5.97 Å². The number of benzene rings is 1. The van der Waals surface area contributed by atoms with Crippen LogP contribution in [0.1, 0.15) is 32.1 Å². The first kappa shape index (κ1) is 18.8. The molecule has 1 aromatic carbocycles. The van der Waals surface area contributed by atoms with E-state index >= 15 is 0 Å². The van der Waals surface area contributed by atoms with Gasteiger partial charge in [0.25, 0.3) is 5.91 Å². The second-order valence-electron chi connectivity index (χ2n) is 5.93. The molecule has 0 unspecified atom stereocenters. The van der Waals surface area contributed by atoms with Gasteiger partial charge in [0.15, 0.2) is 5.69 Å². The van der Waals surface area contributed by atoms with E-state index in [2.05, 4.69) is 31.4 Å². The normalized spacial score (nSPS) is 10.7. The molecule has 8 nitrogen and oxygen atoms in total. The van der Waals surface area contributed by atoms with Crippen LogP contribution < -0.4 is 5.32 Å². The van der Waals surface area contributed by atoms with Gasteiger partial charge in [0.1, 0.15) is 0 Å². The van der Waals surface area contributed by atoms with Crippen LogP contribution in [0.2, 0.25) is 0 Å². The highest BCUT2D eigenvalue weighted by atomic mass is 79.9. The SMILES string of the molecule is COC(=O)c1c(NC(=O)c2ccc(Cn3cc(Br)cn3)cc2)c(C)nn1C. The first-order valence-electron chi connectivity index (χ1n) is 8.09. The number of ether oxygens (including phenoxy) is 1. The van der Waals surface area contributed by atoms with Gasteiger partial charge in [-0.25, -0.2) is 4.79 Å². The number of methoxy groups -OCH3 is 1. The zero-order valence-corrected chi connectivity index (χ0v) is 16.6. The van der Waals surface area contributed by atoms with Gasteiger partial charge in [-0.05, 0) is 40.5 Å². The Morgan fingerprint density at radius 3 is 2.56 bits per heavy atom. The number of hydrogen-bond donors (Lipinski definition) is 1. The summed E-state index contributed by atoms with van der Waals surface area (Å²) in [5.74, 6) is -0.890. The lowest BCUT2D eigenvalue weighted by atomic mass is 10.1. The Hall–Kier alpha value is -2.94. The molecule has 0 saturated carbocycles. The number of amides is 1. The molecule has 1 amide bonds. The molecule has 0 bridgehead atoms. The predicted molar refractivity (Wildman–Crippen MR) is 103 cm³/mol. The van der Waals surface area contributed by atoms with E-state index in [1.54, 1.807) is 37.0 Å². The number of rotatable bonds is 5. The molecule has 2 heterocycles. The minimum Gasteiger partial charge on any atom is -0.464 e. The molecule has 0 radical (unpaired) electrons. The monoisotopic (exact) mass is 431 g/mol. The molecule has 27 heavy (non-hydrogen) atoms. The Balaban J connectivity index is 1.76. The van der Waals surface area contributed by atoms with Crippen LogP contribution in [0.25, 0.3) is 0 Å². The predicted octanol–water partition coefficient (Wildman–Crippen LogP) is 2.77. The number of nitrogens with zero attached hydrogens (tertiary/aromatic N) is 4. The highest BCUT2D eigenvalue weighted by molar-refractivity contribution is 9.10. The molecule has 3 rings (SSSR count). The Bertz CT molecular complexity index is 991. The van der Waals surface area contributed by atoms with E-state index in [4.69, 9.17) is 4.74 Å². The minimum absolute atomic E-state index is 0.198. The largest absolute Gasteiger partial charge is 0.464 e. The van der Waals surface area contributed by atoms with E-state index in [0.29, 0.717) is 23.5 Å². The number of anilines is 1. The third-order valence-electron chi connectivity index (χ3n) is 4.00. The van der Waals surface area contributed by atoms with Crippen molar-refractivity contribution in [2.45, 2.75) is 13.5 Å². The average Bonchev–Trinajstić information content (AvgIpc) is 3.17. The average molecular weight is 432 g/mol. The molecule has 0 aliphatic rings. The quantitative estimate of drug-likeness (QED) is 0.627.